The van der Waals surface area contributed by atoms with E-state index in [1.807, 2.05) is 43.3 Å². The number of hydrogen-bond acceptors (Lipinski definition) is 4. The highest BCUT2D eigenvalue weighted by Gasteiger charge is 2.49. The summed E-state index contributed by atoms with van der Waals surface area (Å²) >= 11 is 0. The van der Waals surface area contributed by atoms with Crippen LogP contribution in [0.4, 0.5) is 0 Å². The van der Waals surface area contributed by atoms with E-state index in [2.05, 4.69) is 44.7 Å². The maximum absolute atomic E-state index is 12.3. The molecule has 1 aliphatic rings. The second kappa shape index (κ2) is 13.8. The molecular formula is C33H48O4Si. The maximum Gasteiger partial charge on any atom is 0.258 e. The summed E-state index contributed by atoms with van der Waals surface area (Å²) in [6, 6.07) is 20.5. The Bertz CT molecular complexity index is 980. The zero-order valence-electron chi connectivity index (χ0n) is 24.1. The zero-order chi connectivity index (χ0) is 27.8. The molecule has 2 aromatic carbocycles. The average molecular weight is 537 g/mol. The number of hydrogen-bond donors (Lipinski definition) is 1. The third-order valence-corrected chi connectivity index (χ3v) is 13.2. The van der Waals surface area contributed by atoms with Gasteiger partial charge in [-0.1, -0.05) is 101 Å². The molecule has 0 saturated carbocycles. The zero-order valence-corrected chi connectivity index (χ0v) is 25.1. The van der Waals surface area contributed by atoms with Gasteiger partial charge in [0.1, 0.15) is 5.78 Å². The van der Waals surface area contributed by atoms with Crippen LogP contribution in [0.5, 0.6) is 0 Å². The van der Waals surface area contributed by atoms with Crippen LogP contribution in [0.1, 0.15) is 79.1 Å². The van der Waals surface area contributed by atoms with Gasteiger partial charge >= 0.3 is 0 Å². The van der Waals surface area contributed by atoms with Crippen molar-refractivity contribution in [1.29, 1.82) is 0 Å². The molecule has 0 bridgehead atoms. The number of ether oxygens (including phenoxy) is 2. The Balaban J connectivity index is 1.52. The first-order chi connectivity index (χ1) is 18.1. The number of Topliss-reactive ketones (excluding diaryl/α,β-unsaturated/α-hetero) is 1. The molecule has 1 aliphatic heterocycles. The number of rotatable bonds is 15. The summed E-state index contributed by atoms with van der Waals surface area (Å²) in [6.45, 7) is 12.4. The van der Waals surface area contributed by atoms with Crippen LogP contribution >= 0.6 is 0 Å². The summed E-state index contributed by atoms with van der Waals surface area (Å²) in [4.78, 5) is 24.0. The maximum atomic E-state index is 12.3. The second-order valence-electron chi connectivity index (χ2n) is 11.9. The van der Waals surface area contributed by atoms with E-state index in [-0.39, 0.29) is 35.1 Å². The third-order valence-electron chi connectivity index (χ3n) is 8.64. The summed E-state index contributed by atoms with van der Waals surface area (Å²) in [5, 5.41) is 1.92. The van der Waals surface area contributed by atoms with Gasteiger partial charge in [-0.2, -0.15) is 0 Å². The second-order valence-corrected chi connectivity index (χ2v) is 15.8. The van der Waals surface area contributed by atoms with Crippen molar-refractivity contribution in [2.75, 3.05) is 7.11 Å². The first-order valence-electron chi connectivity index (χ1n) is 14.3. The van der Waals surface area contributed by atoms with Crippen molar-refractivity contribution >= 4 is 24.5 Å². The minimum atomic E-state index is -2.96. The lowest BCUT2D eigenvalue weighted by atomic mass is 9.95. The predicted molar refractivity (Wildman–Crippen MR) is 160 cm³/mol. The minimum Gasteiger partial charge on any atom is -0.424 e. The van der Waals surface area contributed by atoms with Crippen LogP contribution in [-0.4, -0.2) is 44.3 Å². The van der Waals surface area contributed by atoms with Crippen LogP contribution in [0, 0.1) is 5.92 Å². The number of unbranched alkanes of at least 4 members (excludes halogenated alkanes) is 1. The molecule has 208 valence electrons. The SMILES string of the molecule is C=C1CC(CCCCC(C)(C)[Si](O)(c2ccccc2)c2ccccc2)O[C@H]1CC[C@H](C[C@@H](C)C(C)=O)OC. The van der Waals surface area contributed by atoms with Gasteiger partial charge in [-0.15, -0.1) is 0 Å². The van der Waals surface area contributed by atoms with Crippen LogP contribution in [0.3, 0.4) is 0 Å². The van der Waals surface area contributed by atoms with E-state index in [4.69, 9.17) is 9.47 Å². The van der Waals surface area contributed by atoms with Gasteiger partial charge in [0.2, 0.25) is 0 Å². The summed E-state index contributed by atoms with van der Waals surface area (Å²) in [5.74, 6) is 0.236. The minimum absolute atomic E-state index is 0.0224. The van der Waals surface area contributed by atoms with Crippen molar-refractivity contribution in [3.05, 3.63) is 72.8 Å². The largest absolute Gasteiger partial charge is 0.424 e. The lowest BCUT2D eigenvalue weighted by Crippen LogP contribution is -2.65. The first-order valence-corrected chi connectivity index (χ1v) is 16.2. The van der Waals surface area contributed by atoms with Gasteiger partial charge in [0, 0.05) is 13.0 Å². The molecule has 1 unspecified atom stereocenters. The monoisotopic (exact) mass is 536 g/mol. The highest BCUT2D eigenvalue weighted by Crippen LogP contribution is 2.41. The molecular weight excluding hydrogens is 488 g/mol. The summed E-state index contributed by atoms with van der Waals surface area (Å²) in [6.07, 6.45) is 7.89. The topological polar surface area (TPSA) is 55.8 Å². The fourth-order valence-electron chi connectivity index (χ4n) is 5.90. The highest BCUT2D eigenvalue weighted by molar-refractivity contribution is 6.98. The molecule has 4 nitrogen and oxygen atoms in total. The Morgan fingerprint density at radius 2 is 1.66 bits per heavy atom. The van der Waals surface area contributed by atoms with Crippen molar-refractivity contribution in [2.45, 2.75) is 102 Å². The molecule has 0 aliphatic carbocycles. The van der Waals surface area contributed by atoms with Gasteiger partial charge in [-0.05, 0) is 66.4 Å². The van der Waals surface area contributed by atoms with Crippen LogP contribution in [-0.2, 0) is 14.3 Å². The van der Waals surface area contributed by atoms with E-state index >= 15 is 0 Å². The molecule has 2 aromatic rings. The molecule has 5 heteroatoms. The smallest absolute Gasteiger partial charge is 0.258 e. The predicted octanol–water partition coefficient (Wildman–Crippen LogP) is 6.20. The van der Waals surface area contributed by atoms with Gasteiger partial charge in [-0.25, -0.2) is 0 Å². The molecule has 0 amide bonds. The van der Waals surface area contributed by atoms with E-state index < -0.39 is 8.32 Å². The summed E-state index contributed by atoms with van der Waals surface area (Å²) in [5.41, 5.74) is 1.18. The summed E-state index contributed by atoms with van der Waals surface area (Å²) in [7, 11) is -1.23. The lowest BCUT2D eigenvalue weighted by Gasteiger charge is -2.41. The van der Waals surface area contributed by atoms with Crippen LogP contribution in [0.15, 0.2) is 72.8 Å². The number of carbonyl (C=O) groups excluding carboxylic acids is 1. The third kappa shape index (κ3) is 7.53. The molecule has 0 spiro atoms. The number of ketones is 1. The molecule has 1 saturated heterocycles. The molecule has 3 rings (SSSR count). The molecule has 4 atom stereocenters. The van der Waals surface area contributed by atoms with E-state index in [1.165, 1.54) is 5.57 Å². The van der Waals surface area contributed by atoms with Gasteiger partial charge in [0.05, 0.1) is 18.3 Å². The Morgan fingerprint density at radius 3 is 2.18 bits per heavy atom. The van der Waals surface area contributed by atoms with Crippen LogP contribution in [0.2, 0.25) is 5.04 Å². The molecule has 1 N–H and O–H groups in total. The van der Waals surface area contributed by atoms with E-state index in [0.717, 1.165) is 61.7 Å². The van der Waals surface area contributed by atoms with Crippen molar-refractivity contribution in [3.8, 4) is 0 Å². The summed E-state index contributed by atoms with van der Waals surface area (Å²) < 4.78 is 12.0. The lowest BCUT2D eigenvalue weighted by molar-refractivity contribution is -0.121. The van der Waals surface area contributed by atoms with Crippen molar-refractivity contribution in [2.24, 2.45) is 5.92 Å². The average Bonchev–Trinajstić information content (AvgIpc) is 3.28. The van der Waals surface area contributed by atoms with E-state index in [0.29, 0.717) is 0 Å². The fraction of sp³-hybridized carbons (Fsp3) is 0.545. The van der Waals surface area contributed by atoms with Gasteiger partial charge in [-0.3, -0.25) is 4.79 Å². The van der Waals surface area contributed by atoms with Crippen molar-refractivity contribution < 1.29 is 19.1 Å². The molecule has 0 aromatic heterocycles. The van der Waals surface area contributed by atoms with E-state index in [1.54, 1.807) is 14.0 Å². The van der Waals surface area contributed by atoms with Crippen molar-refractivity contribution in [3.63, 3.8) is 0 Å². The standard InChI is InChI=1S/C33H48O4Si/c1-25(27(3)34)23-28(36-6)20-21-32-26(2)24-29(37-32)15-13-14-22-33(4,5)38(35,30-16-9-7-10-17-30)31-18-11-8-12-19-31/h7-12,16-19,25,28-29,32,35H,2,13-15,20-24H2,1,3-6H3/t25-,28-,29?,32+/m1/s1. The Morgan fingerprint density at radius 1 is 1.08 bits per heavy atom. The van der Waals surface area contributed by atoms with Crippen LogP contribution < -0.4 is 10.4 Å². The Kier molecular flexibility index (Phi) is 11.1. The van der Waals surface area contributed by atoms with Gasteiger partial charge < -0.3 is 14.3 Å². The quantitative estimate of drug-likeness (QED) is 0.167. The Hall–Kier alpha value is -2.05. The van der Waals surface area contributed by atoms with Gasteiger partial charge in [0.15, 0.2) is 0 Å². The molecule has 0 radical (unpaired) electrons. The normalized spacial score (nSPS) is 19.9. The van der Waals surface area contributed by atoms with Gasteiger partial charge in [0.25, 0.3) is 8.32 Å². The fourth-order valence-corrected chi connectivity index (χ4v) is 9.68. The van der Waals surface area contributed by atoms with Crippen LogP contribution in [0.25, 0.3) is 0 Å². The number of methoxy groups -OCH3 is 1. The number of benzene rings is 2. The number of carbonyl (C=O) groups is 1. The highest BCUT2D eigenvalue weighted by atomic mass is 28.4. The first kappa shape index (κ1) is 30.5. The van der Waals surface area contributed by atoms with Crippen molar-refractivity contribution in [1.82, 2.24) is 0 Å². The Labute approximate surface area is 231 Å². The van der Waals surface area contributed by atoms with E-state index in [9.17, 15) is 9.59 Å². The molecule has 1 fully saturated rings. The molecule has 38 heavy (non-hydrogen) atoms. The molecule has 1 heterocycles.